The van der Waals surface area contributed by atoms with Gasteiger partial charge in [-0.1, -0.05) is 35.0 Å². The van der Waals surface area contributed by atoms with E-state index in [9.17, 15) is 0 Å². The molecule has 0 aliphatic carbocycles. The van der Waals surface area contributed by atoms with Crippen molar-refractivity contribution >= 4 is 27.3 Å². The number of aryl methyl sites for hydroxylation is 1. The topological polar surface area (TPSA) is 24.9 Å². The van der Waals surface area contributed by atoms with Gasteiger partial charge in [0.1, 0.15) is 0 Å². The molecule has 1 aromatic carbocycles. The third-order valence-electron chi connectivity index (χ3n) is 2.78. The van der Waals surface area contributed by atoms with Crippen LogP contribution in [-0.4, -0.2) is 11.5 Å². The van der Waals surface area contributed by atoms with Crippen molar-refractivity contribution in [2.24, 2.45) is 0 Å². The lowest BCUT2D eigenvalue weighted by Crippen LogP contribution is -2.23. The molecule has 0 amide bonds. The zero-order valence-corrected chi connectivity index (χ0v) is 13.0. The first-order valence-electron chi connectivity index (χ1n) is 6.09. The summed E-state index contributed by atoms with van der Waals surface area (Å²) in [5.41, 5.74) is 2.47. The Morgan fingerprint density at radius 1 is 1.44 bits per heavy atom. The maximum Gasteiger partial charge on any atom is 0.0897 e. The molecule has 96 valence electrons. The molecule has 4 heteroatoms. The molecule has 0 aliphatic rings. The average molecular weight is 325 g/mol. The predicted molar refractivity (Wildman–Crippen MR) is 81.1 cm³/mol. The number of aromatic nitrogens is 1. The molecule has 1 atom stereocenters. The molecule has 1 N–H and O–H groups in total. The molecule has 18 heavy (non-hydrogen) atoms. The molecule has 2 rings (SSSR count). The normalized spacial score (nSPS) is 12.6. The summed E-state index contributed by atoms with van der Waals surface area (Å²) in [6.07, 6.45) is 0.939. The summed E-state index contributed by atoms with van der Waals surface area (Å²) in [6.45, 7) is 5.15. The van der Waals surface area contributed by atoms with Crippen molar-refractivity contribution in [3.05, 3.63) is 50.4 Å². The highest BCUT2D eigenvalue weighted by Gasteiger charge is 2.13. The van der Waals surface area contributed by atoms with Crippen molar-refractivity contribution in [2.45, 2.75) is 26.3 Å². The van der Waals surface area contributed by atoms with Crippen molar-refractivity contribution in [3.8, 4) is 0 Å². The molecule has 0 fully saturated rings. The van der Waals surface area contributed by atoms with Gasteiger partial charge in [0.05, 0.1) is 10.7 Å². The molecule has 2 nitrogen and oxygen atoms in total. The van der Waals surface area contributed by atoms with Gasteiger partial charge in [-0.15, -0.1) is 11.3 Å². The number of likely N-dealkylation sites (N-methyl/N-ethyl adjacent to an activating group) is 1. The largest absolute Gasteiger partial charge is 0.310 e. The lowest BCUT2D eigenvalue weighted by Gasteiger charge is -2.17. The smallest absolute Gasteiger partial charge is 0.0897 e. The van der Waals surface area contributed by atoms with Gasteiger partial charge in [-0.3, -0.25) is 0 Å². The van der Waals surface area contributed by atoms with E-state index in [0.29, 0.717) is 6.04 Å². The molecule has 1 heterocycles. The molecule has 0 saturated carbocycles. The van der Waals surface area contributed by atoms with E-state index in [4.69, 9.17) is 0 Å². The van der Waals surface area contributed by atoms with Gasteiger partial charge in [0.2, 0.25) is 0 Å². The van der Waals surface area contributed by atoms with Crippen molar-refractivity contribution in [1.29, 1.82) is 0 Å². The minimum absolute atomic E-state index is 0.328. The van der Waals surface area contributed by atoms with Gasteiger partial charge in [-0.25, -0.2) is 4.98 Å². The van der Waals surface area contributed by atoms with E-state index in [0.717, 1.165) is 22.4 Å². The van der Waals surface area contributed by atoms with Crippen LogP contribution in [0.15, 0.2) is 34.1 Å². The third-order valence-corrected chi connectivity index (χ3v) is 4.10. The van der Waals surface area contributed by atoms with Crippen LogP contribution in [0.3, 0.4) is 0 Å². The van der Waals surface area contributed by atoms with Crippen LogP contribution in [0.4, 0.5) is 0 Å². The number of rotatable bonds is 5. The molecule has 2 aromatic rings. The predicted octanol–water partition coefficient (Wildman–Crippen LogP) is 4.11. The molecule has 0 spiro atoms. The van der Waals surface area contributed by atoms with Crippen molar-refractivity contribution in [3.63, 3.8) is 0 Å². The maximum atomic E-state index is 4.55. The number of thiazole rings is 1. The summed E-state index contributed by atoms with van der Waals surface area (Å²) < 4.78 is 1.12. The van der Waals surface area contributed by atoms with Crippen LogP contribution in [0, 0.1) is 6.92 Å². The van der Waals surface area contributed by atoms with Gasteiger partial charge < -0.3 is 5.32 Å². The van der Waals surface area contributed by atoms with Gasteiger partial charge in [0.15, 0.2) is 0 Å². The van der Waals surface area contributed by atoms with Gasteiger partial charge in [-0.05, 0) is 31.2 Å². The zero-order chi connectivity index (χ0) is 13.0. The van der Waals surface area contributed by atoms with Crippen LogP contribution >= 0.6 is 27.3 Å². The summed E-state index contributed by atoms with van der Waals surface area (Å²) in [6, 6.07) is 8.80. The fourth-order valence-corrected chi connectivity index (χ4v) is 3.03. The van der Waals surface area contributed by atoms with Crippen LogP contribution in [0.2, 0.25) is 0 Å². The SMILES string of the molecule is CCNC(Cc1csc(C)n1)c1cccc(Br)c1. The number of nitrogens with one attached hydrogen (secondary N) is 1. The van der Waals surface area contributed by atoms with E-state index in [1.54, 1.807) is 11.3 Å². The highest BCUT2D eigenvalue weighted by molar-refractivity contribution is 9.10. The van der Waals surface area contributed by atoms with Gasteiger partial charge in [0, 0.05) is 22.3 Å². The van der Waals surface area contributed by atoms with Crippen molar-refractivity contribution < 1.29 is 0 Å². The van der Waals surface area contributed by atoms with Crippen LogP contribution in [-0.2, 0) is 6.42 Å². The van der Waals surface area contributed by atoms with E-state index in [2.05, 4.69) is 69.7 Å². The molecule has 1 unspecified atom stereocenters. The summed E-state index contributed by atoms with van der Waals surface area (Å²) in [5, 5.41) is 6.81. The molecular weight excluding hydrogens is 308 g/mol. The first kappa shape index (κ1) is 13.7. The summed E-state index contributed by atoms with van der Waals surface area (Å²) >= 11 is 5.24. The van der Waals surface area contributed by atoms with Gasteiger partial charge in [-0.2, -0.15) is 0 Å². The minimum atomic E-state index is 0.328. The van der Waals surface area contributed by atoms with E-state index in [1.807, 2.05) is 0 Å². The van der Waals surface area contributed by atoms with Crippen LogP contribution in [0.25, 0.3) is 0 Å². The minimum Gasteiger partial charge on any atom is -0.310 e. The van der Waals surface area contributed by atoms with Crippen molar-refractivity contribution in [2.75, 3.05) is 6.54 Å². The van der Waals surface area contributed by atoms with Crippen LogP contribution in [0.1, 0.15) is 29.2 Å². The Morgan fingerprint density at radius 3 is 2.89 bits per heavy atom. The summed E-state index contributed by atoms with van der Waals surface area (Å²) in [5.74, 6) is 0. The highest BCUT2D eigenvalue weighted by atomic mass is 79.9. The molecule has 0 bridgehead atoms. The third kappa shape index (κ3) is 3.64. The molecule has 0 radical (unpaired) electrons. The Balaban J connectivity index is 2.17. The lowest BCUT2D eigenvalue weighted by molar-refractivity contribution is 0.545. The Hall–Kier alpha value is -0.710. The van der Waals surface area contributed by atoms with Crippen LogP contribution < -0.4 is 5.32 Å². The zero-order valence-electron chi connectivity index (χ0n) is 10.6. The molecule has 1 aromatic heterocycles. The lowest BCUT2D eigenvalue weighted by atomic mass is 10.0. The second kappa shape index (κ2) is 6.45. The summed E-state index contributed by atoms with van der Waals surface area (Å²) in [4.78, 5) is 4.55. The number of hydrogen-bond acceptors (Lipinski definition) is 3. The molecule has 0 saturated heterocycles. The van der Waals surface area contributed by atoms with Crippen LogP contribution in [0.5, 0.6) is 0 Å². The van der Waals surface area contributed by atoms with E-state index in [-0.39, 0.29) is 0 Å². The van der Waals surface area contributed by atoms with E-state index < -0.39 is 0 Å². The Bertz CT molecular complexity index is 510. The summed E-state index contributed by atoms with van der Waals surface area (Å²) in [7, 11) is 0. The monoisotopic (exact) mass is 324 g/mol. The quantitative estimate of drug-likeness (QED) is 0.895. The van der Waals surface area contributed by atoms with Gasteiger partial charge in [0.25, 0.3) is 0 Å². The molecule has 0 aliphatic heterocycles. The Labute approximate surface area is 121 Å². The number of halogens is 1. The number of benzene rings is 1. The fraction of sp³-hybridized carbons (Fsp3) is 0.357. The second-order valence-corrected chi connectivity index (χ2v) is 6.21. The van der Waals surface area contributed by atoms with Crippen molar-refractivity contribution in [1.82, 2.24) is 10.3 Å². The molecular formula is C14H17BrN2S. The highest BCUT2D eigenvalue weighted by Crippen LogP contribution is 2.22. The Morgan fingerprint density at radius 2 is 2.28 bits per heavy atom. The fourth-order valence-electron chi connectivity index (χ4n) is 1.99. The first-order chi connectivity index (χ1) is 8.69. The van der Waals surface area contributed by atoms with E-state index >= 15 is 0 Å². The van der Waals surface area contributed by atoms with E-state index in [1.165, 1.54) is 11.3 Å². The number of nitrogens with zero attached hydrogens (tertiary/aromatic N) is 1. The first-order valence-corrected chi connectivity index (χ1v) is 7.76. The average Bonchev–Trinajstić information content (AvgIpc) is 2.74. The maximum absolute atomic E-state index is 4.55. The second-order valence-electron chi connectivity index (χ2n) is 4.23. The standard InChI is InChI=1S/C14H17BrN2S/c1-3-16-14(8-13-9-18-10(2)17-13)11-5-4-6-12(15)7-11/h4-7,9,14,16H,3,8H2,1-2H3. The Kier molecular flexibility index (Phi) is 4.92. The number of hydrogen-bond donors (Lipinski definition) is 1. The van der Waals surface area contributed by atoms with Gasteiger partial charge >= 0.3 is 0 Å².